The van der Waals surface area contributed by atoms with Crippen molar-refractivity contribution in [3.63, 3.8) is 0 Å². The average molecular weight is 305 g/mol. The van der Waals surface area contributed by atoms with Crippen molar-refractivity contribution >= 4 is 5.91 Å². The topological polar surface area (TPSA) is 40.5 Å². The van der Waals surface area contributed by atoms with Gasteiger partial charge in [-0.3, -0.25) is 4.79 Å². The zero-order chi connectivity index (χ0) is 17.1. The first-order valence-corrected chi connectivity index (χ1v) is 7.95. The number of carbonyl (C=O) groups is 1. The summed E-state index contributed by atoms with van der Waals surface area (Å²) in [5, 5.41) is 10.5. The highest BCUT2D eigenvalue weighted by molar-refractivity contribution is 5.94. The van der Waals surface area contributed by atoms with Crippen LogP contribution >= 0.6 is 0 Å². The summed E-state index contributed by atoms with van der Waals surface area (Å²) in [4.78, 5) is 14.5. The highest BCUT2D eigenvalue weighted by Gasteiger charge is 2.36. The van der Waals surface area contributed by atoms with Gasteiger partial charge in [0.15, 0.2) is 0 Å². The van der Waals surface area contributed by atoms with Gasteiger partial charge in [-0.25, -0.2) is 0 Å². The van der Waals surface area contributed by atoms with Crippen molar-refractivity contribution in [2.24, 2.45) is 10.8 Å². The summed E-state index contributed by atoms with van der Waals surface area (Å²) in [5.41, 5.74) is 0.385. The number of benzene rings is 1. The van der Waals surface area contributed by atoms with E-state index in [-0.39, 0.29) is 22.8 Å². The fourth-order valence-corrected chi connectivity index (χ4v) is 2.58. The molecule has 0 aromatic heterocycles. The van der Waals surface area contributed by atoms with Crippen LogP contribution in [0.25, 0.3) is 0 Å². The molecule has 0 spiro atoms. The van der Waals surface area contributed by atoms with Crippen molar-refractivity contribution in [3.05, 3.63) is 35.9 Å². The predicted octanol–water partition coefficient (Wildman–Crippen LogP) is 3.97. The molecule has 0 aliphatic heterocycles. The first-order valence-electron chi connectivity index (χ1n) is 7.95. The van der Waals surface area contributed by atoms with Crippen LogP contribution in [-0.2, 0) is 0 Å². The average Bonchev–Trinajstić information content (AvgIpc) is 2.41. The van der Waals surface area contributed by atoms with E-state index in [1.165, 1.54) is 0 Å². The van der Waals surface area contributed by atoms with Crippen LogP contribution in [0.2, 0.25) is 0 Å². The molecule has 1 rings (SSSR count). The van der Waals surface area contributed by atoms with Crippen LogP contribution in [0.15, 0.2) is 30.3 Å². The minimum atomic E-state index is -0.456. The van der Waals surface area contributed by atoms with Gasteiger partial charge in [-0.05, 0) is 29.4 Å². The fraction of sp³-hybridized carbons (Fsp3) is 0.632. The molecule has 0 saturated heterocycles. The van der Waals surface area contributed by atoms with Crippen LogP contribution in [-0.4, -0.2) is 35.1 Å². The largest absolute Gasteiger partial charge is 0.393 e. The van der Waals surface area contributed by atoms with Crippen molar-refractivity contribution in [1.29, 1.82) is 0 Å². The molecule has 2 atom stereocenters. The minimum Gasteiger partial charge on any atom is -0.393 e. The van der Waals surface area contributed by atoms with Gasteiger partial charge < -0.3 is 10.0 Å². The van der Waals surface area contributed by atoms with Gasteiger partial charge in [-0.2, -0.15) is 0 Å². The second-order valence-corrected chi connectivity index (χ2v) is 8.28. The molecule has 0 fully saturated rings. The molecule has 0 aliphatic rings. The minimum absolute atomic E-state index is 0.00151. The predicted molar refractivity (Wildman–Crippen MR) is 91.9 cm³/mol. The van der Waals surface area contributed by atoms with Gasteiger partial charge >= 0.3 is 0 Å². The van der Waals surface area contributed by atoms with Crippen LogP contribution in [0.4, 0.5) is 0 Å². The molecule has 1 N–H and O–H groups in total. The molecule has 3 heteroatoms. The summed E-state index contributed by atoms with van der Waals surface area (Å²) in [6.45, 7) is 12.4. The number of aliphatic hydroxyl groups is 1. The van der Waals surface area contributed by atoms with Crippen LogP contribution in [0, 0.1) is 10.8 Å². The van der Waals surface area contributed by atoms with E-state index in [4.69, 9.17) is 0 Å². The molecule has 1 aromatic carbocycles. The van der Waals surface area contributed by atoms with Crippen molar-refractivity contribution < 1.29 is 9.90 Å². The Bertz CT molecular complexity index is 482. The molecule has 0 heterocycles. The molecule has 0 saturated carbocycles. The van der Waals surface area contributed by atoms with Crippen LogP contribution < -0.4 is 0 Å². The maximum atomic E-state index is 12.7. The highest BCUT2D eigenvalue weighted by atomic mass is 16.3. The van der Waals surface area contributed by atoms with Crippen molar-refractivity contribution in [2.75, 3.05) is 7.05 Å². The SMILES string of the molecule is CN(C(=O)c1ccccc1)[C@H](C[C@H](O)C(C)(C)C)C(C)(C)C. The normalized spacial score (nSPS) is 15.3. The van der Waals surface area contributed by atoms with Crippen molar-refractivity contribution in [2.45, 2.75) is 60.1 Å². The van der Waals surface area contributed by atoms with Gasteiger partial charge in [0.05, 0.1) is 6.10 Å². The smallest absolute Gasteiger partial charge is 0.253 e. The molecule has 0 unspecified atom stereocenters. The van der Waals surface area contributed by atoms with Crippen LogP contribution in [0.3, 0.4) is 0 Å². The summed E-state index contributed by atoms with van der Waals surface area (Å²) >= 11 is 0. The van der Waals surface area contributed by atoms with Gasteiger partial charge in [0.25, 0.3) is 5.91 Å². The maximum absolute atomic E-state index is 12.7. The lowest BCUT2D eigenvalue weighted by Crippen LogP contribution is -2.48. The van der Waals surface area contributed by atoms with E-state index in [0.29, 0.717) is 12.0 Å². The zero-order valence-corrected chi connectivity index (χ0v) is 15.1. The lowest BCUT2D eigenvalue weighted by molar-refractivity contribution is 0.00622. The molecule has 22 heavy (non-hydrogen) atoms. The van der Waals surface area contributed by atoms with Crippen molar-refractivity contribution in [3.8, 4) is 0 Å². The quantitative estimate of drug-likeness (QED) is 0.914. The number of amides is 1. The highest BCUT2D eigenvalue weighted by Crippen LogP contribution is 2.32. The van der Waals surface area contributed by atoms with Gasteiger partial charge in [0, 0.05) is 18.7 Å². The Balaban J connectivity index is 3.00. The Morgan fingerprint density at radius 3 is 1.95 bits per heavy atom. The summed E-state index contributed by atoms with van der Waals surface area (Å²) in [6.07, 6.45) is 0.116. The number of nitrogens with zero attached hydrogens (tertiary/aromatic N) is 1. The zero-order valence-electron chi connectivity index (χ0n) is 15.1. The van der Waals surface area contributed by atoms with Gasteiger partial charge in [-0.1, -0.05) is 59.7 Å². The number of aliphatic hydroxyl groups excluding tert-OH is 1. The number of carbonyl (C=O) groups excluding carboxylic acids is 1. The lowest BCUT2D eigenvalue weighted by Gasteiger charge is -2.41. The molecule has 1 aromatic rings. The first kappa shape index (κ1) is 18.7. The number of hydrogen-bond acceptors (Lipinski definition) is 2. The van der Waals surface area contributed by atoms with Gasteiger partial charge in [-0.15, -0.1) is 0 Å². The Labute approximate surface area is 135 Å². The lowest BCUT2D eigenvalue weighted by atomic mass is 9.77. The molecule has 0 aliphatic carbocycles. The van der Waals surface area contributed by atoms with Gasteiger partial charge in [0.1, 0.15) is 0 Å². The maximum Gasteiger partial charge on any atom is 0.253 e. The molecular formula is C19H31NO2. The summed E-state index contributed by atoms with van der Waals surface area (Å²) in [5.74, 6) is 0.00151. The first-order chi connectivity index (χ1) is 9.94. The van der Waals surface area contributed by atoms with E-state index >= 15 is 0 Å². The van der Waals surface area contributed by atoms with E-state index in [1.54, 1.807) is 4.90 Å². The molecule has 0 radical (unpaired) electrons. The molecular weight excluding hydrogens is 274 g/mol. The summed E-state index contributed by atoms with van der Waals surface area (Å²) in [7, 11) is 1.83. The summed E-state index contributed by atoms with van der Waals surface area (Å²) < 4.78 is 0. The van der Waals surface area contributed by atoms with Crippen molar-refractivity contribution in [1.82, 2.24) is 4.90 Å². The van der Waals surface area contributed by atoms with E-state index < -0.39 is 6.10 Å². The van der Waals surface area contributed by atoms with E-state index in [1.807, 2.05) is 58.2 Å². The van der Waals surface area contributed by atoms with Crippen LogP contribution in [0.5, 0.6) is 0 Å². The molecule has 0 bridgehead atoms. The second-order valence-electron chi connectivity index (χ2n) is 8.28. The Kier molecular flexibility index (Phi) is 5.80. The van der Waals surface area contributed by atoms with Gasteiger partial charge in [0.2, 0.25) is 0 Å². The number of hydrogen-bond donors (Lipinski definition) is 1. The Hall–Kier alpha value is -1.35. The van der Waals surface area contributed by atoms with Crippen LogP contribution in [0.1, 0.15) is 58.3 Å². The molecule has 124 valence electrons. The fourth-order valence-electron chi connectivity index (χ4n) is 2.58. The molecule has 1 amide bonds. The third-order valence-electron chi connectivity index (χ3n) is 4.25. The Morgan fingerprint density at radius 1 is 1.05 bits per heavy atom. The van der Waals surface area contributed by atoms with E-state index in [9.17, 15) is 9.90 Å². The molecule has 3 nitrogen and oxygen atoms in total. The monoisotopic (exact) mass is 305 g/mol. The Morgan fingerprint density at radius 2 is 1.55 bits per heavy atom. The standard InChI is InChI=1S/C19H31NO2/c1-18(2,3)15(13-16(21)19(4,5)6)20(7)17(22)14-11-9-8-10-12-14/h8-12,15-16,21H,13H2,1-7H3/t15-,16+/m1/s1. The third-order valence-corrected chi connectivity index (χ3v) is 4.25. The van der Waals surface area contributed by atoms with E-state index in [0.717, 1.165) is 0 Å². The number of rotatable bonds is 4. The van der Waals surface area contributed by atoms with E-state index in [2.05, 4.69) is 20.8 Å². The third kappa shape index (κ3) is 4.84. The second kappa shape index (κ2) is 6.82. The summed E-state index contributed by atoms with van der Waals surface area (Å²) in [6, 6.07) is 9.28.